The molecule has 0 radical (unpaired) electrons. The number of rotatable bonds is 6. The number of aromatic nitrogens is 2. The van der Waals surface area contributed by atoms with Gasteiger partial charge < -0.3 is 15.2 Å². The normalized spacial score (nSPS) is 15.8. The minimum absolute atomic E-state index is 0.213. The van der Waals surface area contributed by atoms with Crippen LogP contribution >= 0.6 is 0 Å². The lowest BCUT2D eigenvalue weighted by Gasteiger charge is -2.25. The molecule has 1 aromatic heterocycles. The summed E-state index contributed by atoms with van der Waals surface area (Å²) in [5.41, 5.74) is 0.125. The minimum Gasteiger partial charge on any atom is -0.406 e. The van der Waals surface area contributed by atoms with E-state index in [1.807, 2.05) is 0 Å². The standard InChI is InChI=1S/C16H20F3N3O2/c1-11(12-5-4-6-14(7-12)24-16(17,18)19)20-10-15(2,23)13-8-21-22(3)9-13/h4-9,11,20,23H,10H2,1-3H3. The zero-order valence-electron chi connectivity index (χ0n) is 13.6. The summed E-state index contributed by atoms with van der Waals surface area (Å²) in [4.78, 5) is 0. The molecule has 0 aliphatic carbocycles. The molecule has 0 spiro atoms. The summed E-state index contributed by atoms with van der Waals surface area (Å²) < 4.78 is 42.4. The molecule has 2 rings (SSSR count). The van der Waals surface area contributed by atoms with Crippen molar-refractivity contribution < 1.29 is 23.0 Å². The third kappa shape index (κ3) is 4.97. The Bertz CT molecular complexity index is 683. The number of benzene rings is 1. The molecule has 0 aliphatic rings. The average molecular weight is 343 g/mol. The number of halogens is 3. The van der Waals surface area contributed by atoms with Gasteiger partial charge in [0, 0.05) is 31.4 Å². The van der Waals surface area contributed by atoms with E-state index in [0.29, 0.717) is 11.1 Å². The Kier molecular flexibility index (Phi) is 5.19. The van der Waals surface area contributed by atoms with Gasteiger partial charge in [-0.1, -0.05) is 12.1 Å². The van der Waals surface area contributed by atoms with Gasteiger partial charge in [-0.3, -0.25) is 4.68 Å². The summed E-state index contributed by atoms with van der Waals surface area (Å²) in [6.45, 7) is 3.66. The second-order valence-electron chi connectivity index (χ2n) is 5.90. The van der Waals surface area contributed by atoms with Crippen LogP contribution in [-0.2, 0) is 12.6 Å². The maximum absolute atomic E-state index is 12.3. The summed E-state index contributed by atoms with van der Waals surface area (Å²) in [7, 11) is 1.75. The first-order valence-electron chi connectivity index (χ1n) is 7.37. The van der Waals surface area contributed by atoms with Crippen LogP contribution in [-0.4, -0.2) is 27.8 Å². The predicted molar refractivity (Wildman–Crippen MR) is 82.3 cm³/mol. The van der Waals surface area contributed by atoms with Gasteiger partial charge in [0.15, 0.2) is 0 Å². The molecule has 0 saturated carbocycles. The molecule has 0 aliphatic heterocycles. The van der Waals surface area contributed by atoms with E-state index in [2.05, 4.69) is 15.2 Å². The molecule has 1 heterocycles. The summed E-state index contributed by atoms with van der Waals surface area (Å²) in [5, 5.41) is 17.6. The Morgan fingerprint density at radius 3 is 2.67 bits per heavy atom. The number of ether oxygens (including phenoxy) is 1. The van der Waals surface area contributed by atoms with Crippen LogP contribution in [0.3, 0.4) is 0 Å². The number of nitrogens with zero attached hydrogens (tertiary/aromatic N) is 2. The highest BCUT2D eigenvalue weighted by molar-refractivity contribution is 5.30. The van der Waals surface area contributed by atoms with Crippen LogP contribution in [0.25, 0.3) is 0 Å². The first kappa shape index (κ1) is 18.3. The van der Waals surface area contributed by atoms with E-state index in [9.17, 15) is 18.3 Å². The predicted octanol–water partition coefficient (Wildman–Crippen LogP) is 2.88. The molecule has 24 heavy (non-hydrogen) atoms. The van der Waals surface area contributed by atoms with Gasteiger partial charge in [-0.15, -0.1) is 13.2 Å². The molecule has 2 unspecified atom stereocenters. The van der Waals surface area contributed by atoms with Crippen molar-refractivity contribution in [2.45, 2.75) is 31.9 Å². The van der Waals surface area contributed by atoms with E-state index >= 15 is 0 Å². The van der Waals surface area contributed by atoms with Crippen LogP contribution in [0.5, 0.6) is 5.75 Å². The fourth-order valence-corrected chi connectivity index (χ4v) is 2.25. The fourth-order valence-electron chi connectivity index (χ4n) is 2.25. The number of aliphatic hydroxyl groups is 1. The lowest BCUT2D eigenvalue weighted by atomic mass is 9.98. The Balaban J connectivity index is 2.02. The average Bonchev–Trinajstić information content (AvgIpc) is 2.91. The molecule has 2 aromatic rings. The molecule has 132 valence electrons. The molecule has 0 amide bonds. The highest BCUT2D eigenvalue weighted by Gasteiger charge is 2.31. The topological polar surface area (TPSA) is 59.3 Å². The number of hydrogen-bond donors (Lipinski definition) is 2. The Morgan fingerprint density at radius 2 is 2.08 bits per heavy atom. The number of aryl methyl sites for hydroxylation is 1. The van der Waals surface area contributed by atoms with Crippen molar-refractivity contribution in [3.05, 3.63) is 47.8 Å². The third-order valence-corrected chi connectivity index (χ3v) is 3.67. The van der Waals surface area contributed by atoms with Crippen molar-refractivity contribution in [1.29, 1.82) is 0 Å². The van der Waals surface area contributed by atoms with E-state index in [1.54, 1.807) is 44.0 Å². The number of alkyl halides is 3. The summed E-state index contributed by atoms with van der Waals surface area (Å²) >= 11 is 0. The van der Waals surface area contributed by atoms with Crippen molar-refractivity contribution >= 4 is 0 Å². The lowest BCUT2D eigenvalue weighted by Crippen LogP contribution is -2.36. The van der Waals surface area contributed by atoms with Crippen LogP contribution in [0.4, 0.5) is 13.2 Å². The van der Waals surface area contributed by atoms with E-state index < -0.39 is 12.0 Å². The number of nitrogens with one attached hydrogen (secondary N) is 1. The van der Waals surface area contributed by atoms with Crippen molar-refractivity contribution in [3.8, 4) is 5.75 Å². The summed E-state index contributed by atoms with van der Waals surface area (Å²) in [6, 6.07) is 5.48. The third-order valence-electron chi connectivity index (χ3n) is 3.67. The van der Waals surface area contributed by atoms with Crippen LogP contribution in [0.1, 0.15) is 31.0 Å². The SMILES string of the molecule is CC(NCC(C)(O)c1cnn(C)c1)c1cccc(OC(F)(F)F)c1. The molecular weight excluding hydrogens is 323 g/mol. The summed E-state index contributed by atoms with van der Waals surface area (Å²) in [5.74, 6) is -0.271. The minimum atomic E-state index is -4.72. The highest BCUT2D eigenvalue weighted by Crippen LogP contribution is 2.26. The van der Waals surface area contributed by atoms with Crippen LogP contribution < -0.4 is 10.1 Å². The molecule has 2 atom stereocenters. The van der Waals surface area contributed by atoms with E-state index in [1.165, 1.54) is 18.2 Å². The maximum atomic E-state index is 12.3. The molecule has 8 heteroatoms. The zero-order chi connectivity index (χ0) is 18.0. The quantitative estimate of drug-likeness (QED) is 0.847. The molecule has 1 aromatic carbocycles. The molecule has 5 nitrogen and oxygen atoms in total. The summed E-state index contributed by atoms with van der Waals surface area (Å²) in [6.07, 6.45) is -1.44. The van der Waals surface area contributed by atoms with E-state index in [-0.39, 0.29) is 18.3 Å². The van der Waals surface area contributed by atoms with E-state index in [4.69, 9.17) is 0 Å². The first-order chi connectivity index (χ1) is 11.1. The van der Waals surface area contributed by atoms with Crippen LogP contribution in [0.2, 0.25) is 0 Å². The van der Waals surface area contributed by atoms with Gasteiger partial charge >= 0.3 is 6.36 Å². The monoisotopic (exact) mass is 343 g/mol. The van der Waals surface area contributed by atoms with Gasteiger partial charge in [-0.25, -0.2) is 0 Å². The maximum Gasteiger partial charge on any atom is 0.573 e. The second kappa shape index (κ2) is 6.82. The van der Waals surface area contributed by atoms with E-state index in [0.717, 1.165) is 0 Å². The van der Waals surface area contributed by atoms with Crippen molar-refractivity contribution in [3.63, 3.8) is 0 Å². The Hall–Kier alpha value is -2.06. The van der Waals surface area contributed by atoms with Gasteiger partial charge in [0.2, 0.25) is 0 Å². The highest BCUT2D eigenvalue weighted by atomic mass is 19.4. The van der Waals surface area contributed by atoms with Crippen molar-refractivity contribution in [1.82, 2.24) is 15.1 Å². The largest absolute Gasteiger partial charge is 0.573 e. The zero-order valence-corrected chi connectivity index (χ0v) is 13.6. The smallest absolute Gasteiger partial charge is 0.406 e. The molecule has 0 fully saturated rings. The molecule has 0 bridgehead atoms. The van der Waals surface area contributed by atoms with Crippen LogP contribution in [0.15, 0.2) is 36.7 Å². The molecule has 0 saturated heterocycles. The van der Waals surface area contributed by atoms with Gasteiger partial charge in [-0.2, -0.15) is 5.10 Å². The van der Waals surface area contributed by atoms with Gasteiger partial charge in [-0.05, 0) is 31.5 Å². The lowest BCUT2D eigenvalue weighted by molar-refractivity contribution is -0.274. The van der Waals surface area contributed by atoms with Crippen LogP contribution in [0, 0.1) is 0 Å². The van der Waals surface area contributed by atoms with Gasteiger partial charge in [0.1, 0.15) is 11.4 Å². The Labute approximate surface area is 138 Å². The Morgan fingerprint density at radius 1 is 1.38 bits per heavy atom. The fraction of sp³-hybridized carbons (Fsp3) is 0.438. The first-order valence-corrected chi connectivity index (χ1v) is 7.37. The van der Waals surface area contributed by atoms with Gasteiger partial charge in [0.05, 0.1) is 6.20 Å². The second-order valence-corrected chi connectivity index (χ2v) is 5.90. The van der Waals surface area contributed by atoms with Crippen molar-refractivity contribution in [2.24, 2.45) is 7.05 Å². The molecular formula is C16H20F3N3O2. The molecule has 2 N–H and O–H groups in total. The number of hydrogen-bond acceptors (Lipinski definition) is 4. The van der Waals surface area contributed by atoms with Crippen molar-refractivity contribution in [2.75, 3.05) is 6.54 Å². The van der Waals surface area contributed by atoms with Gasteiger partial charge in [0.25, 0.3) is 0 Å².